The van der Waals surface area contributed by atoms with E-state index in [1.165, 1.54) is 4.31 Å². The Bertz CT molecular complexity index is 736. The molecule has 1 aliphatic heterocycles. The quantitative estimate of drug-likeness (QED) is 0.826. The van der Waals surface area contributed by atoms with Crippen molar-refractivity contribution in [2.45, 2.75) is 46.5 Å². The van der Waals surface area contributed by atoms with Crippen LogP contribution in [0.4, 0.5) is 0 Å². The first-order valence-electron chi connectivity index (χ1n) is 8.94. The highest BCUT2D eigenvalue weighted by molar-refractivity contribution is 7.89. The lowest BCUT2D eigenvalue weighted by Crippen LogP contribution is -2.38. The van der Waals surface area contributed by atoms with Crippen molar-refractivity contribution in [3.05, 3.63) is 34.9 Å². The molecule has 1 heterocycles. The van der Waals surface area contributed by atoms with E-state index < -0.39 is 10.0 Å². The third-order valence-electron chi connectivity index (χ3n) is 4.83. The second kappa shape index (κ2) is 7.46. The fourth-order valence-electron chi connectivity index (χ4n) is 3.05. The highest BCUT2D eigenvalue weighted by Gasteiger charge is 2.27. The molecule has 5 nitrogen and oxygen atoms in total. The average Bonchev–Trinajstić information content (AvgIpc) is 2.80. The molecule has 0 N–H and O–H groups in total. The van der Waals surface area contributed by atoms with Crippen molar-refractivity contribution in [2.75, 3.05) is 31.9 Å². The van der Waals surface area contributed by atoms with Crippen molar-refractivity contribution in [3.63, 3.8) is 0 Å². The van der Waals surface area contributed by atoms with Crippen LogP contribution in [0.25, 0.3) is 0 Å². The van der Waals surface area contributed by atoms with Crippen LogP contribution in [0.2, 0.25) is 0 Å². The Balaban J connectivity index is 2.21. The van der Waals surface area contributed by atoms with Gasteiger partial charge in [0.2, 0.25) is 10.0 Å². The number of sulfonamides is 1. The van der Waals surface area contributed by atoms with Gasteiger partial charge in [0, 0.05) is 31.7 Å². The molecule has 0 bridgehead atoms. The molecule has 0 saturated carbocycles. The number of carbonyl (C=O) groups excluding carboxylic acids is 1. The molecule has 0 unspecified atom stereocenters. The summed E-state index contributed by atoms with van der Waals surface area (Å²) >= 11 is 0. The minimum atomic E-state index is -3.20. The van der Waals surface area contributed by atoms with Gasteiger partial charge in [0.25, 0.3) is 5.91 Å². The molecular formula is C19H30N2O3S. The van der Waals surface area contributed by atoms with Crippen molar-refractivity contribution in [3.8, 4) is 0 Å². The van der Waals surface area contributed by atoms with Crippen LogP contribution >= 0.6 is 0 Å². The zero-order valence-electron chi connectivity index (χ0n) is 16.0. The average molecular weight is 367 g/mol. The fourth-order valence-corrected chi connectivity index (χ4v) is 4.18. The summed E-state index contributed by atoms with van der Waals surface area (Å²) in [6, 6.07) is 6.06. The van der Waals surface area contributed by atoms with Gasteiger partial charge in [0.05, 0.1) is 5.75 Å². The lowest BCUT2D eigenvalue weighted by molar-refractivity contribution is 0.0763. The first-order valence-corrected chi connectivity index (χ1v) is 10.6. The van der Waals surface area contributed by atoms with E-state index >= 15 is 0 Å². The second-order valence-corrected chi connectivity index (χ2v) is 9.98. The number of hydrogen-bond acceptors (Lipinski definition) is 3. The molecule has 2 rings (SSSR count). The molecule has 1 aliphatic rings. The maximum absolute atomic E-state index is 13.0. The molecule has 6 heteroatoms. The van der Waals surface area contributed by atoms with Crippen LogP contribution in [0.1, 0.15) is 55.6 Å². The number of aryl methyl sites for hydroxylation is 1. The molecule has 0 atom stereocenters. The summed E-state index contributed by atoms with van der Waals surface area (Å²) < 4.78 is 25.7. The van der Waals surface area contributed by atoms with Gasteiger partial charge >= 0.3 is 0 Å². The Kier molecular flexibility index (Phi) is 5.94. The lowest BCUT2D eigenvalue weighted by Gasteiger charge is -2.24. The summed E-state index contributed by atoms with van der Waals surface area (Å²) in [4.78, 5) is 14.8. The number of carbonyl (C=O) groups is 1. The summed E-state index contributed by atoms with van der Waals surface area (Å²) in [5, 5.41) is 0. The van der Waals surface area contributed by atoms with E-state index in [9.17, 15) is 13.2 Å². The maximum Gasteiger partial charge on any atom is 0.254 e. The Labute approximate surface area is 152 Å². The topological polar surface area (TPSA) is 57.7 Å². The Morgan fingerprint density at radius 2 is 1.80 bits per heavy atom. The minimum Gasteiger partial charge on any atom is -0.337 e. The van der Waals surface area contributed by atoms with Gasteiger partial charge in [-0.1, -0.05) is 32.9 Å². The third-order valence-corrected chi connectivity index (χ3v) is 6.72. The van der Waals surface area contributed by atoms with Gasteiger partial charge in [-0.05, 0) is 42.9 Å². The van der Waals surface area contributed by atoms with E-state index in [-0.39, 0.29) is 17.1 Å². The molecule has 140 valence electrons. The van der Waals surface area contributed by atoms with Gasteiger partial charge in [0.1, 0.15) is 0 Å². The van der Waals surface area contributed by atoms with Crippen LogP contribution in [0.3, 0.4) is 0 Å². The molecule has 1 fully saturated rings. The van der Waals surface area contributed by atoms with E-state index in [0.717, 1.165) is 16.7 Å². The van der Waals surface area contributed by atoms with E-state index in [0.29, 0.717) is 32.6 Å². The van der Waals surface area contributed by atoms with Gasteiger partial charge < -0.3 is 4.90 Å². The van der Waals surface area contributed by atoms with Gasteiger partial charge in [-0.15, -0.1) is 0 Å². The van der Waals surface area contributed by atoms with E-state index in [1.54, 1.807) is 11.8 Å². The molecule has 1 aromatic rings. The predicted molar refractivity (Wildman–Crippen MR) is 101 cm³/mol. The number of rotatable bonds is 3. The summed E-state index contributed by atoms with van der Waals surface area (Å²) in [6.07, 6.45) is 0.670. The van der Waals surface area contributed by atoms with Crippen molar-refractivity contribution in [2.24, 2.45) is 0 Å². The van der Waals surface area contributed by atoms with E-state index in [4.69, 9.17) is 0 Å². The molecular weight excluding hydrogens is 336 g/mol. The number of nitrogens with zero attached hydrogens (tertiary/aromatic N) is 2. The molecule has 0 radical (unpaired) electrons. The molecule has 25 heavy (non-hydrogen) atoms. The minimum absolute atomic E-state index is 0.000605. The van der Waals surface area contributed by atoms with Gasteiger partial charge in [-0.2, -0.15) is 0 Å². The SMILES string of the molecule is CCS(=O)(=O)N1CCCN(C(=O)c2cc(C(C)(C)C)ccc2C)CC1. The van der Waals surface area contributed by atoms with Gasteiger partial charge in [0.15, 0.2) is 0 Å². The van der Waals surface area contributed by atoms with Crippen LogP contribution in [0, 0.1) is 6.92 Å². The number of benzene rings is 1. The maximum atomic E-state index is 13.0. The summed E-state index contributed by atoms with van der Waals surface area (Å²) in [5.41, 5.74) is 2.79. The summed E-state index contributed by atoms with van der Waals surface area (Å²) in [5.74, 6) is 0.104. The Morgan fingerprint density at radius 1 is 1.12 bits per heavy atom. The highest BCUT2D eigenvalue weighted by atomic mass is 32.2. The van der Waals surface area contributed by atoms with Gasteiger partial charge in [-0.25, -0.2) is 12.7 Å². The van der Waals surface area contributed by atoms with Crippen molar-refractivity contribution in [1.82, 2.24) is 9.21 Å². The largest absolute Gasteiger partial charge is 0.337 e. The van der Waals surface area contributed by atoms with Crippen LogP contribution in [-0.2, 0) is 15.4 Å². The zero-order chi connectivity index (χ0) is 18.8. The molecule has 1 amide bonds. The van der Waals surface area contributed by atoms with Crippen molar-refractivity contribution >= 4 is 15.9 Å². The Hall–Kier alpha value is -1.40. The van der Waals surface area contributed by atoms with Crippen LogP contribution in [0.15, 0.2) is 18.2 Å². The Morgan fingerprint density at radius 3 is 2.40 bits per heavy atom. The highest BCUT2D eigenvalue weighted by Crippen LogP contribution is 2.25. The van der Waals surface area contributed by atoms with Gasteiger partial charge in [-0.3, -0.25) is 4.79 Å². The van der Waals surface area contributed by atoms with E-state index in [1.807, 2.05) is 19.1 Å². The number of hydrogen-bond donors (Lipinski definition) is 0. The second-order valence-electron chi connectivity index (χ2n) is 7.73. The molecule has 0 spiro atoms. The normalized spacial score (nSPS) is 17.4. The smallest absolute Gasteiger partial charge is 0.254 e. The van der Waals surface area contributed by atoms with E-state index in [2.05, 4.69) is 26.8 Å². The predicted octanol–water partition coefficient (Wildman–Crippen LogP) is 2.79. The molecule has 1 saturated heterocycles. The first-order chi connectivity index (χ1) is 11.6. The molecule has 0 aliphatic carbocycles. The summed E-state index contributed by atoms with van der Waals surface area (Å²) in [6.45, 7) is 11.9. The molecule has 1 aromatic carbocycles. The third kappa shape index (κ3) is 4.61. The monoisotopic (exact) mass is 366 g/mol. The van der Waals surface area contributed by atoms with Crippen LogP contribution in [-0.4, -0.2) is 55.5 Å². The van der Waals surface area contributed by atoms with Crippen LogP contribution in [0.5, 0.6) is 0 Å². The summed E-state index contributed by atoms with van der Waals surface area (Å²) in [7, 11) is -3.20. The fraction of sp³-hybridized carbons (Fsp3) is 0.632. The lowest BCUT2D eigenvalue weighted by atomic mass is 9.85. The van der Waals surface area contributed by atoms with Crippen molar-refractivity contribution in [1.29, 1.82) is 0 Å². The standard InChI is InChI=1S/C19H30N2O3S/c1-6-25(23,24)21-11-7-10-20(12-13-21)18(22)17-14-16(19(3,4)5)9-8-15(17)2/h8-9,14H,6-7,10-13H2,1-5H3. The zero-order valence-corrected chi connectivity index (χ0v) is 16.8. The molecule has 0 aromatic heterocycles. The first kappa shape index (κ1) is 19.9. The van der Waals surface area contributed by atoms with Crippen molar-refractivity contribution < 1.29 is 13.2 Å². The van der Waals surface area contributed by atoms with Crippen LogP contribution < -0.4 is 0 Å². The number of amides is 1.